The van der Waals surface area contributed by atoms with Crippen LogP contribution in [0.5, 0.6) is 0 Å². The van der Waals surface area contributed by atoms with Crippen LogP contribution >= 0.6 is 7.92 Å². The highest BCUT2D eigenvalue weighted by Gasteiger charge is 2.26. The second-order valence-electron chi connectivity index (χ2n) is 4.86. The largest absolute Gasteiger partial charge is 0.359 e. The Labute approximate surface area is 83.2 Å². The number of hydrogen-bond acceptors (Lipinski definition) is 1. The van der Waals surface area contributed by atoms with Gasteiger partial charge in [0.2, 0.25) is 5.91 Å². The van der Waals surface area contributed by atoms with Crippen molar-refractivity contribution in [2.45, 2.75) is 32.9 Å². The van der Waals surface area contributed by atoms with Crippen molar-refractivity contribution in [1.29, 1.82) is 0 Å². The Kier molecular flexibility index (Phi) is 4.91. The molecule has 0 rings (SSSR count). The summed E-state index contributed by atoms with van der Waals surface area (Å²) in [5, 5.41) is 2.75. The van der Waals surface area contributed by atoms with E-state index in [1.165, 1.54) is 0 Å². The standard InChI is InChI=1S/C10H22NOP/c1-10(2,3)7-8(13(5)6)9(12)11-4/h8H,7H2,1-6H3,(H,11,12). The summed E-state index contributed by atoms with van der Waals surface area (Å²) < 4.78 is 0. The fourth-order valence-corrected chi connectivity index (χ4v) is 2.77. The fourth-order valence-electron chi connectivity index (χ4n) is 1.26. The van der Waals surface area contributed by atoms with Crippen LogP contribution in [0.1, 0.15) is 27.2 Å². The Bertz CT molecular complexity index is 172. The van der Waals surface area contributed by atoms with Crippen LogP contribution in [0.15, 0.2) is 0 Å². The highest BCUT2D eigenvalue weighted by atomic mass is 31.1. The van der Waals surface area contributed by atoms with Gasteiger partial charge in [-0.05, 0) is 25.2 Å². The van der Waals surface area contributed by atoms with Crippen LogP contribution in [0.25, 0.3) is 0 Å². The molecule has 0 aliphatic rings. The normalized spacial score (nSPS) is 14.4. The topological polar surface area (TPSA) is 29.1 Å². The summed E-state index contributed by atoms with van der Waals surface area (Å²) in [6.45, 7) is 10.9. The summed E-state index contributed by atoms with van der Waals surface area (Å²) in [5.41, 5.74) is 0.448. The van der Waals surface area contributed by atoms with Gasteiger partial charge in [0, 0.05) is 7.05 Å². The van der Waals surface area contributed by atoms with E-state index in [1.807, 2.05) is 0 Å². The smallest absolute Gasteiger partial charge is 0.227 e. The van der Waals surface area contributed by atoms with Crippen LogP contribution in [-0.2, 0) is 4.79 Å². The molecule has 0 bridgehead atoms. The SMILES string of the molecule is CNC(=O)C(CC(C)(C)C)P(C)C. The summed E-state index contributed by atoms with van der Waals surface area (Å²) >= 11 is 0. The van der Waals surface area contributed by atoms with Gasteiger partial charge in [0.25, 0.3) is 0 Å². The molecule has 1 N–H and O–H groups in total. The van der Waals surface area contributed by atoms with E-state index in [0.29, 0.717) is 0 Å². The van der Waals surface area contributed by atoms with E-state index in [2.05, 4.69) is 39.4 Å². The number of carbonyl (C=O) groups excluding carboxylic acids is 1. The Morgan fingerprint density at radius 3 is 2.08 bits per heavy atom. The quantitative estimate of drug-likeness (QED) is 0.700. The average Bonchev–Trinajstić information content (AvgIpc) is 1.96. The van der Waals surface area contributed by atoms with Crippen LogP contribution in [0, 0.1) is 5.41 Å². The third-order valence-corrected chi connectivity index (χ3v) is 3.64. The van der Waals surface area contributed by atoms with Crippen molar-refractivity contribution in [3.05, 3.63) is 0 Å². The van der Waals surface area contributed by atoms with E-state index in [9.17, 15) is 4.79 Å². The van der Waals surface area contributed by atoms with E-state index in [-0.39, 0.29) is 24.9 Å². The monoisotopic (exact) mass is 203 g/mol. The van der Waals surface area contributed by atoms with Crippen LogP contribution in [0.3, 0.4) is 0 Å². The number of hydrogen-bond donors (Lipinski definition) is 1. The molecule has 1 atom stereocenters. The third-order valence-electron chi connectivity index (χ3n) is 1.98. The minimum absolute atomic E-state index is 0.186. The van der Waals surface area contributed by atoms with Gasteiger partial charge in [0.15, 0.2) is 0 Å². The minimum atomic E-state index is -0.186. The van der Waals surface area contributed by atoms with Gasteiger partial charge in [-0.3, -0.25) is 4.79 Å². The molecule has 0 fully saturated rings. The van der Waals surface area contributed by atoms with Gasteiger partial charge in [-0.1, -0.05) is 20.8 Å². The zero-order chi connectivity index (χ0) is 10.6. The lowest BCUT2D eigenvalue weighted by atomic mass is 9.90. The van der Waals surface area contributed by atoms with E-state index in [1.54, 1.807) is 7.05 Å². The van der Waals surface area contributed by atoms with Crippen molar-refractivity contribution in [3.63, 3.8) is 0 Å². The Balaban J connectivity index is 4.36. The average molecular weight is 203 g/mol. The molecule has 0 aromatic heterocycles. The number of nitrogens with one attached hydrogen (secondary N) is 1. The molecule has 3 heteroatoms. The molecule has 0 radical (unpaired) electrons. The first-order chi connectivity index (χ1) is 5.78. The summed E-state index contributed by atoms with van der Waals surface area (Å²) in [6, 6.07) is 0. The molecule has 0 spiro atoms. The summed E-state index contributed by atoms with van der Waals surface area (Å²) in [5.74, 6) is 0.200. The Hall–Kier alpha value is -0.100. The zero-order valence-corrected chi connectivity index (χ0v) is 10.5. The van der Waals surface area contributed by atoms with Crippen LogP contribution in [-0.4, -0.2) is 31.9 Å². The molecule has 0 aromatic rings. The molecular formula is C10H22NOP. The second-order valence-corrected chi connectivity index (χ2v) is 7.41. The van der Waals surface area contributed by atoms with E-state index in [4.69, 9.17) is 0 Å². The summed E-state index contributed by atoms with van der Waals surface area (Å²) in [4.78, 5) is 11.5. The van der Waals surface area contributed by atoms with E-state index in [0.717, 1.165) is 6.42 Å². The maximum atomic E-state index is 11.5. The predicted molar refractivity (Wildman–Crippen MR) is 60.7 cm³/mol. The van der Waals surface area contributed by atoms with Crippen LogP contribution in [0.2, 0.25) is 0 Å². The highest BCUT2D eigenvalue weighted by molar-refractivity contribution is 7.57. The molecule has 13 heavy (non-hydrogen) atoms. The van der Waals surface area contributed by atoms with Crippen molar-refractivity contribution in [3.8, 4) is 0 Å². The van der Waals surface area contributed by atoms with Crippen molar-refractivity contribution in [2.75, 3.05) is 20.4 Å². The van der Waals surface area contributed by atoms with E-state index < -0.39 is 0 Å². The number of rotatable bonds is 3. The molecule has 0 aliphatic carbocycles. The van der Waals surface area contributed by atoms with Gasteiger partial charge in [-0.15, -0.1) is 7.92 Å². The molecule has 2 nitrogen and oxygen atoms in total. The van der Waals surface area contributed by atoms with Crippen molar-refractivity contribution >= 4 is 13.8 Å². The summed E-state index contributed by atoms with van der Waals surface area (Å²) in [6.07, 6.45) is 0.978. The predicted octanol–water partition coefficient (Wildman–Crippen LogP) is 2.28. The first-order valence-electron chi connectivity index (χ1n) is 4.66. The Morgan fingerprint density at radius 2 is 1.85 bits per heavy atom. The van der Waals surface area contributed by atoms with Crippen molar-refractivity contribution in [2.24, 2.45) is 5.41 Å². The molecule has 0 heterocycles. The highest BCUT2D eigenvalue weighted by Crippen LogP contribution is 2.39. The van der Waals surface area contributed by atoms with Crippen LogP contribution in [0.4, 0.5) is 0 Å². The molecular weight excluding hydrogens is 181 g/mol. The maximum absolute atomic E-state index is 11.5. The van der Waals surface area contributed by atoms with Gasteiger partial charge >= 0.3 is 0 Å². The molecule has 0 saturated carbocycles. The lowest BCUT2D eigenvalue weighted by Gasteiger charge is -2.27. The molecule has 0 aliphatic heterocycles. The first kappa shape index (κ1) is 12.9. The first-order valence-corrected chi connectivity index (χ1v) is 6.96. The van der Waals surface area contributed by atoms with Gasteiger partial charge < -0.3 is 5.32 Å². The van der Waals surface area contributed by atoms with Gasteiger partial charge in [0.1, 0.15) is 0 Å². The van der Waals surface area contributed by atoms with Gasteiger partial charge in [0.05, 0.1) is 5.66 Å². The molecule has 1 amide bonds. The minimum Gasteiger partial charge on any atom is -0.359 e. The maximum Gasteiger partial charge on any atom is 0.227 e. The Morgan fingerprint density at radius 1 is 1.38 bits per heavy atom. The van der Waals surface area contributed by atoms with Crippen molar-refractivity contribution < 1.29 is 4.79 Å². The van der Waals surface area contributed by atoms with Crippen LogP contribution < -0.4 is 5.32 Å². The number of amides is 1. The lowest BCUT2D eigenvalue weighted by Crippen LogP contribution is -2.33. The molecule has 78 valence electrons. The molecule has 0 aromatic carbocycles. The van der Waals surface area contributed by atoms with Crippen molar-refractivity contribution in [1.82, 2.24) is 5.32 Å². The third kappa shape index (κ3) is 5.25. The van der Waals surface area contributed by atoms with E-state index >= 15 is 0 Å². The summed E-state index contributed by atoms with van der Waals surface area (Å²) in [7, 11) is 1.53. The second kappa shape index (κ2) is 4.95. The lowest BCUT2D eigenvalue weighted by molar-refractivity contribution is -0.120. The van der Waals surface area contributed by atoms with Gasteiger partial charge in [-0.2, -0.15) is 0 Å². The number of carbonyl (C=O) groups is 1. The fraction of sp³-hybridized carbons (Fsp3) is 0.900. The molecule has 1 unspecified atom stereocenters. The van der Waals surface area contributed by atoms with Gasteiger partial charge in [-0.25, -0.2) is 0 Å². The molecule has 0 saturated heterocycles. The zero-order valence-electron chi connectivity index (χ0n) is 9.64.